The maximum absolute atomic E-state index is 7.17. The zero-order chi connectivity index (χ0) is 9.56. The summed E-state index contributed by atoms with van der Waals surface area (Å²) in [7, 11) is 0. The van der Waals surface area contributed by atoms with Crippen LogP contribution >= 0.6 is 0 Å². The molecule has 3 nitrogen and oxygen atoms in total. The summed E-state index contributed by atoms with van der Waals surface area (Å²) in [4.78, 5) is 2.20. The summed E-state index contributed by atoms with van der Waals surface area (Å²) in [6, 6.07) is 0. The first-order valence-corrected chi connectivity index (χ1v) is 4.65. The first-order chi connectivity index (χ1) is 5.60. The second-order valence-corrected chi connectivity index (χ2v) is 3.37. The van der Waals surface area contributed by atoms with Crippen molar-refractivity contribution < 1.29 is 0 Å². The first kappa shape index (κ1) is 11.4. The van der Waals surface area contributed by atoms with Gasteiger partial charge in [0, 0.05) is 6.54 Å². The van der Waals surface area contributed by atoms with Crippen LogP contribution in [0.3, 0.4) is 0 Å². The highest BCUT2D eigenvalue weighted by Gasteiger charge is 2.07. The minimum atomic E-state index is 0.264. The Morgan fingerprint density at radius 2 is 2.08 bits per heavy atom. The Morgan fingerprint density at radius 1 is 1.50 bits per heavy atom. The van der Waals surface area contributed by atoms with E-state index in [1.54, 1.807) is 0 Å². The van der Waals surface area contributed by atoms with Gasteiger partial charge in [-0.25, -0.2) is 0 Å². The van der Waals surface area contributed by atoms with Crippen molar-refractivity contribution >= 4 is 5.84 Å². The van der Waals surface area contributed by atoms with Gasteiger partial charge in [-0.1, -0.05) is 27.2 Å². The summed E-state index contributed by atoms with van der Waals surface area (Å²) >= 11 is 0. The molecule has 0 amide bonds. The first-order valence-electron chi connectivity index (χ1n) is 4.65. The fraction of sp³-hybridized carbons (Fsp3) is 0.889. The van der Waals surface area contributed by atoms with Crippen LogP contribution in [0.5, 0.6) is 0 Å². The molecule has 3 N–H and O–H groups in total. The van der Waals surface area contributed by atoms with Crippen LogP contribution in [0.15, 0.2) is 0 Å². The summed E-state index contributed by atoms with van der Waals surface area (Å²) in [5.74, 6) is 0.962. The van der Waals surface area contributed by atoms with E-state index < -0.39 is 0 Å². The number of nitrogens with one attached hydrogen (secondary N) is 1. The van der Waals surface area contributed by atoms with Gasteiger partial charge in [0.2, 0.25) is 0 Å². The fourth-order valence-corrected chi connectivity index (χ4v) is 1.12. The lowest BCUT2D eigenvalue weighted by molar-refractivity contribution is 0.275. The van der Waals surface area contributed by atoms with E-state index in [9.17, 15) is 0 Å². The largest absolute Gasteiger partial charge is 0.387 e. The van der Waals surface area contributed by atoms with Gasteiger partial charge < -0.3 is 5.73 Å². The molecule has 3 heteroatoms. The molecule has 72 valence electrons. The summed E-state index contributed by atoms with van der Waals surface area (Å²) < 4.78 is 0. The van der Waals surface area contributed by atoms with Crippen LogP contribution in [0.25, 0.3) is 0 Å². The van der Waals surface area contributed by atoms with Gasteiger partial charge in [0.25, 0.3) is 0 Å². The van der Waals surface area contributed by atoms with Gasteiger partial charge in [-0.05, 0) is 12.5 Å². The third kappa shape index (κ3) is 5.13. The van der Waals surface area contributed by atoms with Gasteiger partial charge in [-0.3, -0.25) is 10.3 Å². The number of likely N-dealkylation sites (N-methyl/N-ethyl adjacent to an activating group) is 1. The highest BCUT2D eigenvalue weighted by molar-refractivity contribution is 5.78. The van der Waals surface area contributed by atoms with Gasteiger partial charge in [-0.2, -0.15) is 0 Å². The maximum Gasteiger partial charge on any atom is 0.105 e. The molecule has 0 saturated heterocycles. The van der Waals surface area contributed by atoms with Crippen molar-refractivity contribution in [1.29, 1.82) is 5.41 Å². The van der Waals surface area contributed by atoms with Crippen LogP contribution in [0.4, 0.5) is 0 Å². The third-order valence-electron chi connectivity index (χ3n) is 2.11. The predicted octanol–water partition coefficient (Wildman–Crippen LogP) is 1.29. The molecule has 0 aromatic heterocycles. The molecule has 1 unspecified atom stereocenters. The number of nitrogens with zero attached hydrogens (tertiary/aromatic N) is 1. The van der Waals surface area contributed by atoms with Gasteiger partial charge in [-0.15, -0.1) is 0 Å². The van der Waals surface area contributed by atoms with Crippen LogP contribution in [0.2, 0.25) is 0 Å². The summed E-state index contributed by atoms with van der Waals surface area (Å²) in [5, 5.41) is 7.17. The molecule has 0 aromatic rings. The van der Waals surface area contributed by atoms with E-state index in [4.69, 9.17) is 11.1 Å². The number of hydrogen-bond donors (Lipinski definition) is 2. The minimum Gasteiger partial charge on any atom is -0.387 e. The minimum absolute atomic E-state index is 0.264. The van der Waals surface area contributed by atoms with Crippen molar-refractivity contribution in [1.82, 2.24) is 4.90 Å². The molecule has 0 spiro atoms. The molecule has 0 aliphatic carbocycles. The van der Waals surface area contributed by atoms with Crippen LogP contribution < -0.4 is 5.73 Å². The Kier molecular flexibility index (Phi) is 5.72. The maximum atomic E-state index is 7.17. The summed E-state index contributed by atoms with van der Waals surface area (Å²) in [6.45, 7) is 9.15. The van der Waals surface area contributed by atoms with Crippen molar-refractivity contribution in [2.24, 2.45) is 11.7 Å². The monoisotopic (exact) mass is 171 g/mol. The van der Waals surface area contributed by atoms with Crippen molar-refractivity contribution in [2.75, 3.05) is 19.6 Å². The average Bonchev–Trinajstić information content (AvgIpc) is 2.02. The molecule has 1 atom stereocenters. The van der Waals surface area contributed by atoms with E-state index in [1.165, 1.54) is 6.42 Å². The Balaban J connectivity index is 3.74. The van der Waals surface area contributed by atoms with E-state index in [0.717, 1.165) is 13.1 Å². The smallest absolute Gasteiger partial charge is 0.105 e. The van der Waals surface area contributed by atoms with Crippen LogP contribution in [0.1, 0.15) is 27.2 Å². The lowest BCUT2D eigenvalue weighted by Crippen LogP contribution is -2.36. The van der Waals surface area contributed by atoms with Crippen molar-refractivity contribution in [3.8, 4) is 0 Å². The number of amidine groups is 1. The highest BCUT2D eigenvalue weighted by atomic mass is 15.1. The lowest BCUT2D eigenvalue weighted by atomic mass is 10.1. The number of hydrogen-bond acceptors (Lipinski definition) is 2. The Morgan fingerprint density at radius 3 is 2.42 bits per heavy atom. The third-order valence-corrected chi connectivity index (χ3v) is 2.11. The standard InChI is InChI=1S/C9H21N3/c1-4-8(3)6-12(5-2)7-9(10)11/h8H,4-7H2,1-3H3,(H3,10,11). The molecule has 0 aliphatic rings. The molecule has 12 heavy (non-hydrogen) atoms. The molecule has 0 rings (SSSR count). The van der Waals surface area contributed by atoms with E-state index in [2.05, 4.69) is 25.7 Å². The van der Waals surface area contributed by atoms with Gasteiger partial charge >= 0.3 is 0 Å². The van der Waals surface area contributed by atoms with Crippen LogP contribution in [-0.4, -0.2) is 30.4 Å². The molecule has 0 aliphatic heterocycles. The summed E-state index contributed by atoms with van der Waals surface area (Å²) in [5.41, 5.74) is 5.33. The zero-order valence-corrected chi connectivity index (χ0v) is 8.43. The van der Waals surface area contributed by atoms with E-state index in [0.29, 0.717) is 12.5 Å². The molecular weight excluding hydrogens is 150 g/mol. The lowest BCUT2D eigenvalue weighted by Gasteiger charge is -2.22. The van der Waals surface area contributed by atoms with Gasteiger partial charge in [0.05, 0.1) is 6.54 Å². The van der Waals surface area contributed by atoms with Crippen LogP contribution in [-0.2, 0) is 0 Å². The quantitative estimate of drug-likeness (QED) is 0.467. The normalized spacial score (nSPS) is 13.3. The van der Waals surface area contributed by atoms with Crippen molar-refractivity contribution in [3.63, 3.8) is 0 Å². The number of nitrogens with two attached hydrogens (primary N) is 1. The molecular formula is C9H21N3. The number of rotatable bonds is 6. The molecule has 0 radical (unpaired) electrons. The zero-order valence-electron chi connectivity index (χ0n) is 8.43. The van der Waals surface area contributed by atoms with Gasteiger partial charge in [0.15, 0.2) is 0 Å². The SMILES string of the molecule is CCC(C)CN(CC)CC(=N)N. The van der Waals surface area contributed by atoms with E-state index in [-0.39, 0.29) is 5.84 Å². The van der Waals surface area contributed by atoms with Crippen molar-refractivity contribution in [3.05, 3.63) is 0 Å². The van der Waals surface area contributed by atoms with E-state index in [1.807, 2.05) is 0 Å². The van der Waals surface area contributed by atoms with Crippen molar-refractivity contribution in [2.45, 2.75) is 27.2 Å². The average molecular weight is 171 g/mol. The van der Waals surface area contributed by atoms with Crippen LogP contribution in [0, 0.1) is 11.3 Å². The second kappa shape index (κ2) is 6.00. The highest BCUT2D eigenvalue weighted by Crippen LogP contribution is 2.03. The van der Waals surface area contributed by atoms with E-state index >= 15 is 0 Å². The molecule has 0 fully saturated rings. The fourth-order valence-electron chi connectivity index (χ4n) is 1.12. The Labute approximate surface area is 75.4 Å². The molecule has 0 bridgehead atoms. The Hall–Kier alpha value is -0.570. The molecule has 0 heterocycles. The second-order valence-electron chi connectivity index (χ2n) is 3.37. The summed E-state index contributed by atoms with van der Waals surface area (Å²) in [6.07, 6.45) is 1.19. The van der Waals surface area contributed by atoms with Gasteiger partial charge in [0.1, 0.15) is 5.84 Å². The molecule has 0 aromatic carbocycles. The Bertz CT molecular complexity index is 134. The topological polar surface area (TPSA) is 53.1 Å². The molecule has 0 saturated carbocycles. The predicted molar refractivity (Wildman–Crippen MR) is 53.5 cm³/mol.